The van der Waals surface area contributed by atoms with Gasteiger partial charge < -0.3 is 10.6 Å². The van der Waals surface area contributed by atoms with Gasteiger partial charge in [0.25, 0.3) is 5.91 Å². The van der Waals surface area contributed by atoms with E-state index < -0.39 is 0 Å². The van der Waals surface area contributed by atoms with Crippen molar-refractivity contribution in [3.05, 3.63) is 22.4 Å². The third-order valence-corrected chi connectivity index (χ3v) is 2.48. The zero-order chi connectivity index (χ0) is 10.2. The van der Waals surface area contributed by atoms with E-state index in [1.165, 1.54) is 11.3 Å². The molecule has 0 saturated heterocycles. The highest BCUT2D eigenvalue weighted by molar-refractivity contribution is 7.08. The summed E-state index contributed by atoms with van der Waals surface area (Å²) in [6, 6.07) is 1.83. The Morgan fingerprint density at radius 3 is 2.93 bits per heavy atom. The van der Waals surface area contributed by atoms with Crippen molar-refractivity contribution in [2.75, 3.05) is 19.6 Å². The van der Waals surface area contributed by atoms with Crippen LogP contribution >= 0.6 is 11.3 Å². The highest BCUT2D eigenvalue weighted by Crippen LogP contribution is 2.04. The highest BCUT2D eigenvalue weighted by Gasteiger charge is 2.03. The van der Waals surface area contributed by atoms with Crippen LogP contribution < -0.4 is 10.6 Å². The second kappa shape index (κ2) is 6.56. The van der Waals surface area contributed by atoms with Crippen LogP contribution in [0.2, 0.25) is 0 Å². The molecule has 1 heterocycles. The van der Waals surface area contributed by atoms with E-state index in [1.54, 1.807) is 0 Å². The summed E-state index contributed by atoms with van der Waals surface area (Å²) in [5, 5.41) is 9.84. The van der Waals surface area contributed by atoms with Crippen LogP contribution in [0, 0.1) is 0 Å². The van der Waals surface area contributed by atoms with Gasteiger partial charge in [-0.2, -0.15) is 11.3 Å². The summed E-state index contributed by atoms with van der Waals surface area (Å²) < 4.78 is 0. The molecular formula is C10H16N2OS. The maximum Gasteiger partial charge on any atom is 0.252 e. The van der Waals surface area contributed by atoms with Crippen LogP contribution in [0.1, 0.15) is 23.7 Å². The smallest absolute Gasteiger partial charge is 0.252 e. The summed E-state index contributed by atoms with van der Waals surface area (Å²) in [7, 11) is 0. The number of amides is 1. The summed E-state index contributed by atoms with van der Waals surface area (Å²) in [6.07, 6.45) is 1.12. The minimum atomic E-state index is 0.0181. The summed E-state index contributed by atoms with van der Waals surface area (Å²) in [5.41, 5.74) is 0.755. The van der Waals surface area contributed by atoms with Crippen LogP contribution in [0.25, 0.3) is 0 Å². The van der Waals surface area contributed by atoms with Gasteiger partial charge in [0.05, 0.1) is 0 Å². The van der Waals surface area contributed by atoms with E-state index in [-0.39, 0.29) is 5.91 Å². The summed E-state index contributed by atoms with van der Waals surface area (Å²) in [4.78, 5) is 11.4. The molecule has 0 bridgehead atoms. The fraction of sp³-hybridized carbons (Fsp3) is 0.500. The topological polar surface area (TPSA) is 41.1 Å². The average molecular weight is 212 g/mol. The molecule has 0 atom stereocenters. The first kappa shape index (κ1) is 11.2. The Hall–Kier alpha value is -0.870. The first-order valence-corrected chi connectivity index (χ1v) is 5.80. The number of carbonyl (C=O) groups is 1. The van der Waals surface area contributed by atoms with E-state index >= 15 is 0 Å². The Balaban J connectivity index is 2.10. The fourth-order valence-electron chi connectivity index (χ4n) is 1.06. The largest absolute Gasteiger partial charge is 0.351 e. The summed E-state index contributed by atoms with van der Waals surface area (Å²) >= 11 is 1.54. The first-order valence-electron chi connectivity index (χ1n) is 4.85. The van der Waals surface area contributed by atoms with Gasteiger partial charge in [0.2, 0.25) is 0 Å². The predicted molar refractivity (Wildman–Crippen MR) is 59.8 cm³/mol. The molecule has 4 heteroatoms. The predicted octanol–water partition coefficient (Wildman–Crippen LogP) is 1.48. The molecule has 0 radical (unpaired) electrons. The van der Waals surface area contributed by atoms with E-state index in [2.05, 4.69) is 17.6 Å². The van der Waals surface area contributed by atoms with E-state index in [9.17, 15) is 4.79 Å². The van der Waals surface area contributed by atoms with E-state index in [0.717, 1.165) is 25.1 Å². The first-order chi connectivity index (χ1) is 6.84. The van der Waals surface area contributed by atoms with Crippen LogP contribution in [0.5, 0.6) is 0 Å². The van der Waals surface area contributed by atoms with E-state index in [0.29, 0.717) is 6.54 Å². The number of thiophene rings is 1. The summed E-state index contributed by atoms with van der Waals surface area (Å²) in [6.45, 7) is 4.66. The quantitative estimate of drug-likeness (QED) is 0.701. The number of nitrogens with one attached hydrogen (secondary N) is 2. The van der Waals surface area contributed by atoms with Crippen molar-refractivity contribution >= 4 is 17.2 Å². The van der Waals surface area contributed by atoms with Gasteiger partial charge in [-0.05, 0) is 24.4 Å². The lowest BCUT2D eigenvalue weighted by atomic mass is 10.3. The van der Waals surface area contributed by atoms with Gasteiger partial charge in [0.1, 0.15) is 0 Å². The van der Waals surface area contributed by atoms with Crippen molar-refractivity contribution in [2.45, 2.75) is 13.3 Å². The normalized spacial score (nSPS) is 10.1. The van der Waals surface area contributed by atoms with Crippen LogP contribution in [0.4, 0.5) is 0 Å². The van der Waals surface area contributed by atoms with Crippen molar-refractivity contribution < 1.29 is 4.79 Å². The Morgan fingerprint density at radius 2 is 2.29 bits per heavy atom. The molecule has 3 nitrogen and oxygen atoms in total. The Labute approximate surface area is 88.5 Å². The third kappa shape index (κ3) is 3.89. The Kier molecular flexibility index (Phi) is 5.25. The zero-order valence-electron chi connectivity index (χ0n) is 8.38. The molecule has 0 aliphatic carbocycles. The van der Waals surface area contributed by atoms with E-state index in [1.807, 2.05) is 16.8 Å². The number of hydrogen-bond donors (Lipinski definition) is 2. The van der Waals surface area contributed by atoms with Gasteiger partial charge >= 0.3 is 0 Å². The van der Waals surface area contributed by atoms with Crippen molar-refractivity contribution in [1.82, 2.24) is 10.6 Å². The molecule has 0 saturated carbocycles. The molecule has 0 spiro atoms. The van der Waals surface area contributed by atoms with Crippen LogP contribution in [0.15, 0.2) is 16.8 Å². The molecule has 0 aromatic carbocycles. The van der Waals surface area contributed by atoms with Crippen molar-refractivity contribution in [3.63, 3.8) is 0 Å². The molecule has 14 heavy (non-hydrogen) atoms. The monoisotopic (exact) mass is 212 g/mol. The number of rotatable bonds is 6. The average Bonchev–Trinajstić information content (AvgIpc) is 2.70. The number of carbonyl (C=O) groups excluding carboxylic acids is 1. The lowest BCUT2D eigenvalue weighted by molar-refractivity contribution is 0.0954. The maximum absolute atomic E-state index is 11.4. The van der Waals surface area contributed by atoms with Crippen LogP contribution in [-0.4, -0.2) is 25.5 Å². The lowest BCUT2D eigenvalue weighted by Gasteiger charge is -2.04. The van der Waals surface area contributed by atoms with Gasteiger partial charge in [0, 0.05) is 24.0 Å². The SMILES string of the molecule is CCCNCCNC(=O)c1ccsc1. The van der Waals surface area contributed by atoms with Gasteiger partial charge in [-0.3, -0.25) is 4.79 Å². The molecule has 0 aliphatic heterocycles. The van der Waals surface area contributed by atoms with Crippen LogP contribution in [-0.2, 0) is 0 Å². The molecule has 1 aromatic rings. The second-order valence-electron chi connectivity index (χ2n) is 3.02. The minimum Gasteiger partial charge on any atom is -0.351 e. The van der Waals surface area contributed by atoms with Crippen molar-refractivity contribution in [1.29, 1.82) is 0 Å². The molecule has 0 unspecified atom stereocenters. The lowest BCUT2D eigenvalue weighted by Crippen LogP contribution is -2.31. The Bertz CT molecular complexity index is 259. The van der Waals surface area contributed by atoms with Crippen molar-refractivity contribution in [3.8, 4) is 0 Å². The van der Waals surface area contributed by atoms with Crippen molar-refractivity contribution in [2.24, 2.45) is 0 Å². The standard InChI is InChI=1S/C10H16N2OS/c1-2-4-11-5-6-12-10(13)9-3-7-14-8-9/h3,7-8,11H,2,4-6H2,1H3,(H,12,13). The number of hydrogen-bond acceptors (Lipinski definition) is 3. The zero-order valence-corrected chi connectivity index (χ0v) is 9.19. The van der Waals surface area contributed by atoms with E-state index in [4.69, 9.17) is 0 Å². The van der Waals surface area contributed by atoms with Gasteiger partial charge in [-0.15, -0.1) is 0 Å². The molecule has 1 rings (SSSR count). The fourth-order valence-corrected chi connectivity index (χ4v) is 1.70. The second-order valence-corrected chi connectivity index (χ2v) is 3.80. The molecule has 1 amide bonds. The molecule has 0 aliphatic rings. The minimum absolute atomic E-state index is 0.0181. The van der Waals surface area contributed by atoms with Gasteiger partial charge in [-0.1, -0.05) is 6.92 Å². The molecule has 0 fully saturated rings. The van der Waals surface area contributed by atoms with Gasteiger partial charge in [-0.25, -0.2) is 0 Å². The third-order valence-electron chi connectivity index (χ3n) is 1.80. The molecular weight excluding hydrogens is 196 g/mol. The maximum atomic E-state index is 11.4. The Morgan fingerprint density at radius 1 is 1.43 bits per heavy atom. The highest BCUT2D eigenvalue weighted by atomic mass is 32.1. The van der Waals surface area contributed by atoms with Crippen LogP contribution in [0.3, 0.4) is 0 Å². The summed E-state index contributed by atoms with van der Waals surface area (Å²) in [5.74, 6) is 0.0181. The molecule has 1 aromatic heterocycles. The molecule has 2 N–H and O–H groups in total. The molecule has 78 valence electrons. The van der Waals surface area contributed by atoms with Gasteiger partial charge in [0.15, 0.2) is 0 Å².